The Bertz CT molecular complexity index is 1320. The van der Waals surface area contributed by atoms with Crippen molar-refractivity contribution in [3.05, 3.63) is 52.6 Å². The van der Waals surface area contributed by atoms with Gasteiger partial charge in [-0.15, -0.1) is 0 Å². The van der Waals surface area contributed by atoms with Crippen molar-refractivity contribution in [1.82, 2.24) is 19.6 Å². The van der Waals surface area contributed by atoms with Crippen LogP contribution in [0.15, 0.2) is 41.1 Å². The number of aromatic nitrogens is 4. The van der Waals surface area contributed by atoms with Gasteiger partial charge in [-0.3, -0.25) is 4.98 Å². The lowest BCUT2D eigenvalue weighted by Crippen LogP contribution is -2.38. The van der Waals surface area contributed by atoms with Crippen LogP contribution in [0, 0.1) is 5.82 Å². The molecule has 4 aromatic rings. The van der Waals surface area contributed by atoms with E-state index in [1.807, 2.05) is 6.07 Å². The molecule has 0 saturated heterocycles. The number of halogens is 2. The molecule has 5 rings (SSSR count). The second-order valence-corrected chi connectivity index (χ2v) is 9.28. The molecule has 3 N–H and O–H groups in total. The van der Waals surface area contributed by atoms with Crippen LogP contribution in [-0.2, 0) is 4.74 Å². The molecule has 0 spiro atoms. The van der Waals surface area contributed by atoms with Crippen molar-refractivity contribution < 1.29 is 14.2 Å². The number of pyridine rings is 1. The van der Waals surface area contributed by atoms with Crippen molar-refractivity contribution in [2.24, 2.45) is 0 Å². The first-order valence-electron chi connectivity index (χ1n) is 10.5. The van der Waals surface area contributed by atoms with Crippen LogP contribution in [0.1, 0.15) is 37.3 Å². The first kappa shape index (κ1) is 21.2. The summed E-state index contributed by atoms with van der Waals surface area (Å²) in [5.74, 6) is 0.310. The minimum atomic E-state index is -0.790. The second-order valence-electron chi connectivity index (χ2n) is 8.48. The van der Waals surface area contributed by atoms with Crippen molar-refractivity contribution in [3.63, 3.8) is 0 Å². The molecule has 9 heteroatoms. The fraction of sp³-hybridized carbons (Fsp3) is 0.348. The molecule has 0 atom stereocenters. The van der Waals surface area contributed by atoms with Gasteiger partial charge >= 0.3 is 0 Å². The maximum absolute atomic E-state index is 13.7. The first-order valence-corrected chi connectivity index (χ1v) is 11.3. The van der Waals surface area contributed by atoms with Gasteiger partial charge in [0, 0.05) is 35.7 Å². The van der Waals surface area contributed by atoms with Gasteiger partial charge < -0.3 is 15.6 Å². The predicted octanol–water partition coefficient (Wildman–Crippen LogP) is 4.46. The first-order chi connectivity index (χ1) is 15.4. The zero-order valence-electron chi connectivity index (χ0n) is 17.6. The van der Waals surface area contributed by atoms with Crippen LogP contribution in [0.3, 0.4) is 0 Å². The van der Waals surface area contributed by atoms with Crippen LogP contribution < -0.4 is 5.73 Å². The van der Waals surface area contributed by atoms with Gasteiger partial charge in [0.15, 0.2) is 5.65 Å². The van der Waals surface area contributed by atoms with E-state index in [0.29, 0.717) is 41.8 Å². The number of rotatable bonds is 4. The van der Waals surface area contributed by atoms with Crippen LogP contribution in [0.4, 0.5) is 10.2 Å². The van der Waals surface area contributed by atoms with Gasteiger partial charge in [0.25, 0.3) is 0 Å². The highest BCUT2D eigenvalue weighted by molar-refractivity contribution is 9.10. The number of anilines is 1. The van der Waals surface area contributed by atoms with E-state index < -0.39 is 5.60 Å². The number of nitrogens with zero attached hydrogens (tertiary/aromatic N) is 4. The Morgan fingerprint density at radius 3 is 2.81 bits per heavy atom. The number of fused-ring (bicyclic) bond motifs is 2. The van der Waals surface area contributed by atoms with E-state index in [-0.39, 0.29) is 11.7 Å². The Kier molecular flexibility index (Phi) is 5.35. The molecule has 0 bridgehead atoms. The molecule has 3 heterocycles. The van der Waals surface area contributed by atoms with Crippen molar-refractivity contribution >= 4 is 38.3 Å². The van der Waals surface area contributed by atoms with E-state index in [0.717, 1.165) is 34.1 Å². The third-order valence-electron chi connectivity index (χ3n) is 6.32. The molecule has 1 aromatic carbocycles. The van der Waals surface area contributed by atoms with E-state index in [1.165, 1.54) is 12.1 Å². The number of methoxy groups -OCH3 is 1. The summed E-state index contributed by atoms with van der Waals surface area (Å²) in [4.78, 5) is 9.40. The average molecular weight is 500 g/mol. The molecule has 3 aromatic heterocycles. The van der Waals surface area contributed by atoms with Gasteiger partial charge in [0.2, 0.25) is 0 Å². The highest BCUT2D eigenvalue weighted by Crippen LogP contribution is 2.42. The summed E-state index contributed by atoms with van der Waals surface area (Å²) in [6.07, 6.45) is 6.27. The van der Waals surface area contributed by atoms with Crippen molar-refractivity contribution in [1.29, 1.82) is 0 Å². The molecule has 1 saturated carbocycles. The van der Waals surface area contributed by atoms with Crippen molar-refractivity contribution in [2.45, 2.75) is 37.2 Å². The molecule has 0 aliphatic heterocycles. The molecule has 7 nitrogen and oxygen atoms in total. The van der Waals surface area contributed by atoms with Crippen LogP contribution in [0.2, 0.25) is 0 Å². The van der Waals surface area contributed by atoms with Gasteiger partial charge in [-0.2, -0.15) is 9.61 Å². The van der Waals surface area contributed by atoms with Crippen molar-refractivity contribution in [3.8, 4) is 11.1 Å². The van der Waals surface area contributed by atoms with Crippen LogP contribution in [0.5, 0.6) is 0 Å². The largest absolute Gasteiger partial charge is 0.387 e. The van der Waals surface area contributed by atoms with Crippen molar-refractivity contribution in [2.75, 3.05) is 19.5 Å². The number of nitrogens with two attached hydrogens (primary N) is 1. The van der Waals surface area contributed by atoms with Gasteiger partial charge in [-0.05, 0) is 65.9 Å². The zero-order chi connectivity index (χ0) is 22.5. The number of nitrogen functional groups attached to an aromatic ring is 1. The van der Waals surface area contributed by atoms with E-state index in [1.54, 1.807) is 30.1 Å². The van der Waals surface area contributed by atoms with Gasteiger partial charge in [-0.25, -0.2) is 9.37 Å². The normalized spacial score (nSPS) is 21.4. The summed E-state index contributed by atoms with van der Waals surface area (Å²) in [7, 11) is 1.61. The van der Waals surface area contributed by atoms with Crippen LogP contribution >= 0.6 is 15.9 Å². The number of hydrogen-bond acceptors (Lipinski definition) is 6. The summed E-state index contributed by atoms with van der Waals surface area (Å²) >= 11 is 3.61. The molecule has 0 radical (unpaired) electrons. The minimum Gasteiger partial charge on any atom is -0.387 e. The molecule has 32 heavy (non-hydrogen) atoms. The summed E-state index contributed by atoms with van der Waals surface area (Å²) in [5, 5.41) is 15.8. The highest BCUT2D eigenvalue weighted by atomic mass is 79.9. The van der Waals surface area contributed by atoms with Crippen LogP contribution in [0.25, 0.3) is 27.7 Å². The SMILES string of the molecule is COCC1(O)CCC(c2nc3c(-c4cnc5ccc(F)cc5c4)cnn3c(N)c2Br)CC1. The Labute approximate surface area is 192 Å². The Morgan fingerprint density at radius 2 is 2.06 bits per heavy atom. The standard InChI is InChI=1S/C23H23BrFN5O2/c1-32-12-23(31)6-4-13(5-7-23)20-19(24)21(26)30-22(29-20)17(11-28-30)15-8-14-9-16(25)2-3-18(14)27-10-15/h2-3,8-11,13,31H,4-7,12,26H2,1H3. The Balaban J connectivity index is 1.56. The summed E-state index contributed by atoms with van der Waals surface area (Å²) < 4.78 is 21.2. The maximum atomic E-state index is 13.7. The quantitative estimate of drug-likeness (QED) is 0.429. The summed E-state index contributed by atoms with van der Waals surface area (Å²) in [5.41, 5.74) is 9.37. The van der Waals surface area contributed by atoms with E-state index in [2.05, 4.69) is 26.0 Å². The number of ether oxygens (including phenoxy) is 1. The molecule has 1 aliphatic carbocycles. The number of aliphatic hydroxyl groups is 1. The molecule has 1 fully saturated rings. The summed E-state index contributed by atoms with van der Waals surface area (Å²) in [6, 6.07) is 6.40. The molecule has 0 amide bonds. The molecule has 1 aliphatic rings. The highest BCUT2D eigenvalue weighted by Gasteiger charge is 2.35. The number of hydrogen-bond donors (Lipinski definition) is 2. The topological polar surface area (TPSA) is 98.6 Å². The smallest absolute Gasteiger partial charge is 0.165 e. The summed E-state index contributed by atoms with van der Waals surface area (Å²) in [6.45, 7) is 0.331. The number of benzene rings is 1. The van der Waals surface area contributed by atoms with E-state index in [4.69, 9.17) is 15.5 Å². The Morgan fingerprint density at radius 1 is 1.28 bits per heavy atom. The van der Waals surface area contributed by atoms with E-state index in [9.17, 15) is 9.50 Å². The fourth-order valence-corrected chi connectivity index (χ4v) is 5.16. The van der Waals surface area contributed by atoms with Gasteiger partial charge in [0.05, 0.1) is 34.1 Å². The predicted molar refractivity (Wildman–Crippen MR) is 124 cm³/mol. The average Bonchev–Trinajstić information content (AvgIpc) is 3.20. The van der Waals surface area contributed by atoms with Crippen LogP contribution in [-0.4, -0.2) is 44.0 Å². The molecular weight excluding hydrogens is 477 g/mol. The lowest BCUT2D eigenvalue weighted by atomic mass is 9.78. The van der Waals surface area contributed by atoms with E-state index >= 15 is 0 Å². The molecule has 166 valence electrons. The molecule has 0 unspecified atom stereocenters. The zero-order valence-corrected chi connectivity index (χ0v) is 19.1. The lowest BCUT2D eigenvalue weighted by Gasteiger charge is -2.35. The fourth-order valence-electron chi connectivity index (χ4n) is 4.58. The minimum absolute atomic E-state index is 0.153. The Hall–Kier alpha value is -2.62. The molecular formula is C23H23BrFN5O2. The second kappa shape index (κ2) is 8.06. The monoisotopic (exact) mass is 499 g/mol. The van der Waals surface area contributed by atoms with Gasteiger partial charge in [0.1, 0.15) is 11.6 Å². The third-order valence-corrected chi connectivity index (χ3v) is 7.13. The van der Waals surface area contributed by atoms with Gasteiger partial charge in [-0.1, -0.05) is 0 Å². The maximum Gasteiger partial charge on any atom is 0.165 e. The lowest BCUT2D eigenvalue weighted by molar-refractivity contribution is -0.0590. The third kappa shape index (κ3) is 3.64.